The van der Waals surface area contributed by atoms with Gasteiger partial charge in [0.15, 0.2) is 5.78 Å². The van der Waals surface area contributed by atoms with Crippen molar-refractivity contribution in [1.82, 2.24) is 0 Å². The van der Waals surface area contributed by atoms with Gasteiger partial charge >= 0.3 is 0 Å². The molecule has 1 aromatic rings. The summed E-state index contributed by atoms with van der Waals surface area (Å²) in [6.45, 7) is 9.85. The SMILES string of the molecule is C=C(COc1cc(Cl)c(OC)cc1N)C(=O)CC(C)(C)C. The van der Waals surface area contributed by atoms with Crippen LogP contribution in [0.25, 0.3) is 0 Å². The van der Waals surface area contributed by atoms with Crippen LogP contribution in [-0.4, -0.2) is 19.5 Å². The van der Waals surface area contributed by atoms with E-state index < -0.39 is 0 Å². The fourth-order valence-corrected chi connectivity index (χ4v) is 1.92. The number of ether oxygens (including phenoxy) is 2. The van der Waals surface area contributed by atoms with Gasteiger partial charge in [0.05, 0.1) is 17.8 Å². The standard InChI is InChI=1S/C16H22ClNO3/c1-10(13(19)8-16(2,3)4)9-21-15-6-11(17)14(20-5)7-12(15)18/h6-7H,1,8-9,18H2,2-5H3. The Kier molecular flexibility index (Phi) is 5.67. The zero-order chi connectivity index (χ0) is 16.2. The van der Waals surface area contributed by atoms with Crippen LogP contribution >= 0.6 is 11.6 Å². The van der Waals surface area contributed by atoms with Crippen molar-refractivity contribution in [3.05, 3.63) is 29.3 Å². The van der Waals surface area contributed by atoms with Gasteiger partial charge in [0.1, 0.15) is 18.1 Å². The van der Waals surface area contributed by atoms with Crippen molar-refractivity contribution in [2.75, 3.05) is 19.5 Å². The number of carbonyl (C=O) groups excluding carboxylic acids is 1. The number of anilines is 1. The number of methoxy groups -OCH3 is 1. The summed E-state index contributed by atoms with van der Waals surface area (Å²) in [6.07, 6.45) is 0.425. The first-order chi connectivity index (χ1) is 9.64. The Labute approximate surface area is 130 Å². The van der Waals surface area contributed by atoms with Gasteiger partial charge in [-0.15, -0.1) is 0 Å². The molecule has 0 aromatic heterocycles. The smallest absolute Gasteiger partial charge is 0.162 e. The number of nitrogens with two attached hydrogens (primary N) is 1. The number of carbonyl (C=O) groups is 1. The Morgan fingerprint density at radius 1 is 1.33 bits per heavy atom. The van der Waals surface area contributed by atoms with Crippen molar-refractivity contribution >= 4 is 23.1 Å². The van der Waals surface area contributed by atoms with Crippen LogP contribution in [0, 0.1) is 5.41 Å². The van der Waals surface area contributed by atoms with Crippen LogP contribution < -0.4 is 15.2 Å². The molecule has 0 heterocycles. The summed E-state index contributed by atoms with van der Waals surface area (Å²) in [5.41, 5.74) is 6.58. The second-order valence-corrected chi connectivity index (χ2v) is 6.48. The van der Waals surface area contributed by atoms with Gasteiger partial charge in [-0.1, -0.05) is 39.0 Å². The molecule has 21 heavy (non-hydrogen) atoms. The lowest BCUT2D eigenvalue weighted by Gasteiger charge is -2.18. The van der Waals surface area contributed by atoms with E-state index in [0.717, 1.165) is 0 Å². The minimum atomic E-state index is -0.0809. The molecule has 0 aliphatic rings. The second kappa shape index (κ2) is 6.85. The van der Waals surface area contributed by atoms with E-state index in [1.165, 1.54) is 7.11 Å². The summed E-state index contributed by atoms with van der Waals surface area (Å²) < 4.78 is 10.6. The molecule has 2 N–H and O–H groups in total. The zero-order valence-corrected chi connectivity index (χ0v) is 13.7. The van der Waals surface area contributed by atoms with Crippen LogP contribution in [0.1, 0.15) is 27.2 Å². The van der Waals surface area contributed by atoms with E-state index >= 15 is 0 Å². The van der Waals surface area contributed by atoms with E-state index in [1.807, 2.05) is 20.8 Å². The number of nitrogen functional groups attached to an aromatic ring is 1. The Morgan fingerprint density at radius 2 is 1.95 bits per heavy atom. The Balaban J connectivity index is 2.69. The predicted molar refractivity (Wildman–Crippen MR) is 86.1 cm³/mol. The highest BCUT2D eigenvalue weighted by atomic mass is 35.5. The number of halogens is 1. The monoisotopic (exact) mass is 311 g/mol. The van der Waals surface area contributed by atoms with Crippen molar-refractivity contribution in [3.63, 3.8) is 0 Å². The summed E-state index contributed by atoms with van der Waals surface area (Å²) in [6, 6.07) is 3.15. The fourth-order valence-electron chi connectivity index (χ4n) is 1.68. The fraction of sp³-hybridized carbons (Fsp3) is 0.438. The third-order valence-corrected chi connectivity index (χ3v) is 3.07. The van der Waals surface area contributed by atoms with Gasteiger partial charge in [0.2, 0.25) is 0 Å². The van der Waals surface area contributed by atoms with E-state index in [-0.39, 0.29) is 17.8 Å². The minimum absolute atomic E-state index is 0.0133. The molecule has 0 radical (unpaired) electrons. The molecular weight excluding hydrogens is 290 g/mol. The maximum absolute atomic E-state index is 12.0. The lowest BCUT2D eigenvalue weighted by Crippen LogP contribution is -2.17. The summed E-state index contributed by atoms with van der Waals surface area (Å²) in [4.78, 5) is 12.0. The van der Waals surface area contributed by atoms with Gasteiger partial charge in [-0.05, 0) is 5.41 Å². The third-order valence-electron chi connectivity index (χ3n) is 2.77. The number of hydrogen-bond donors (Lipinski definition) is 1. The van der Waals surface area contributed by atoms with Crippen LogP contribution in [0.15, 0.2) is 24.3 Å². The Morgan fingerprint density at radius 3 is 2.48 bits per heavy atom. The molecule has 0 amide bonds. The number of hydrogen-bond acceptors (Lipinski definition) is 4. The highest BCUT2D eigenvalue weighted by molar-refractivity contribution is 6.32. The molecule has 1 rings (SSSR count). The molecule has 0 aliphatic carbocycles. The molecule has 0 spiro atoms. The quantitative estimate of drug-likeness (QED) is 0.640. The highest BCUT2D eigenvalue weighted by Gasteiger charge is 2.18. The van der Waals surface area contributed by atoms with Crippen LogP contribution in [0.5, 0.6) is 11.5 Å². The number of benzene rings is 1. The second-order valence-electron chi connectivity index (χ2n) is 6.08. The van der Waals surface area contributed by atoms with Gasteiger partial charge < -0.3 is 15.2 Å². The first-order valence-electron chi connectivity index (χ1n) is 6.61. The maximum Gasteiger partial charge on any atom is 0.162 e. The maximum atomic E-state index is 12.0. The van der Waals surface area contributed by atoms with Crippen molar-refractivity contribution in [2.24, 2.45) is 5.41 Å². The average molecular weight is 312 g/mol. The summed E-state index contributed by atoms with van der Waals surface area (Å²) in [5.74, 6) is 0.871. The first kappa shape index (κ1) is 17.4. The van der Waals surface area contributed by atoms with Gasteiger partial charge in [-0.3, -0.25) is 4.79 Å². The van der Waals surface area contributed by atoms with Crippen LogP contribution in [0.3, 0.4) is 0 Å². The summed E-state index contributed by atoms with van der Waals surface area (Å²) in [5, 5.41) is 0.397. The number of rotatable bonds is 6. The molecule has 0 aliphatic heterocycles. The number of Topliss-reactive ketones (excluding diaryl/α,β-unsaturated/α-hetero) is 1. The largest absolute Gasteiger partial charge is 0.495 e. The van der Waals surface area contributed by atoms with Crippen LogP contribution in [0.2, 0.25) is 5.02 Å². The predicted octanol–water partition coefficient (Wildman–Crippen LogP) is 3.87. The molecule has 0 atom stereocenters. The molecule has 5 heteroatoms. The molecule has 0 unspecified atom stereocenters. The molecule has 0 fully saturated rings. The molecule has 0 saturated heterocycles. The van der Waals surface area contributed by atoms with E-state index in [1.54, 1.807) is 12.1 Å². The van der Waals surface area contributed by atoms with Gasteiger partial charge in [0.25, 0.3) is 0 Å². The van der Waals surface area contributed by atoms with Crippen molar-refractivity contribution in [1.29, 1.82) is 0 Å². The normalized spacial score (nSPS) is 11.1. The van der Waals surface area contributed by atoms with Crippen molar-refractivity contribution in [3.8, 4) is 11.5 Å². The molecule has 4 nitrogen and oxygen atoms in total. The highest BCUT2D eigenvalue weighted by Crippen LogP contribution is 2.34. The molecule has 1 aromatic carbocycles. The topological polar surface area (TPSA) is 61.6 Å². The van der Waals surface area contributed by atoms with E-state index in [4.69, 9.17) is 26.8 Å². The van der Waals surface area contributed by atoms with E-state index in [0.29, 0.717) is 34.2 Å². The lowest BCUT2D eigenvalue weighted by molar-refractivity contribution is -0.117. The Bertz CT molecular complexity index is 547. The molecule has 0 saturated carbocycles. The van der Waals surface area contributed by atoms with Crippen molar-refractivity contribution < 1.29 is 14.3 Å². The van der Waals surface area contributed by atoms with E-state index in [9.17, 15) is 4.79 Å². The molecule has 116 valence electrons. The average Bonchev–Trinajstić information content (AvgIpc) is 2.36. The van der Waals surface area contributed by atoms with Crippen LogP contribution in [0.4, 0.5) is 5.69 Å². The minimum Gasteiger partial charge on any atom is -0.495 e. The summed E-state index contributed by atoms with van der Waals surface area (Å²) >= 11 is 6.02. The zero-order valence-electron chi connectivity index (χ0n) is 13.0. The molecular formula is C16H22ClNO3. The van der Waals surface area contributed by atoms with Gasteiger partial charge in [0, 0.05) is 24.1 Å². The van der Waals surface area contributed by atoms with Gasteiger partial charge in [-0.25, -0.2) is 0 Å². The third kappa shape index (κ3) is 5.31. The van der Waals surface area contributed by atoms with Crippen molar-refractivity contribution in [2.45, 2.75) is 27.2 Å². The lowest BCUT2D eigenvalue weighted by atomic mass is 9.88. The van der Waals surface area contributed by atoms with Gasteiger partial charge in [-0.2, -0.15) is 0 Å². The summed E-state index contributed by atoms with van der Waals surface area (Å²) in [7, 11) is 1.51. The molecule has 0 bridgehead atoms. The Hall–Kier alpha value is -1.68. The first-order valence-corrected chi connectivity index (χ1v) is 6.98. The number of ketones is 1. The van der Waals surface area contributed by atoms with E-state index in [2.05, 4.69) is 6.58 Å². The van der Waals surface area contributed by atoms with Crippen LogP contribution in [-0.2, 0) is 4.79 Å².